The van der Waals surface area contributed by atoms with E-state index in [1.54, 1.807) is 31.3 Å². The Hall–Kier alpha value is -2.96. The molecule has 0 aliphatic carbocycles. The Labute approximate surface area is 120 Å². The lowest BCUT2D eigenvalue weighted by Gasteiger charge is -2.01. The Morgan fingerprint density at radius 1 is 1.48 bits per heavy atom. The van der Waals surface area contributed by atoms with Crippen molar-refractivity contribution in [1.29, 1.82) is 0 Å². The van der Waals surface area contributed by atoms with Gasteiger partial charge < -0.3 is 4.74 Å². The van der Waals surface area contributed by atoms with Gasteiger partial charge in [-0.05, 0) is 19.1 Å². The third kappa shape index (κ3) is 3.53. The fraction of sp³-hybridized carbons (Fsp3) is 0.143. The van der Waals surface area contributed by atoms with Crippen LogP contribution in [0.15, 0.2) is 42.7 Å². The molecule has 0 unspecified atom stereocenters. The summed E-state index contributed by atoms with van der Waals surface area (Å²) >= 11 is 0. The van der Waals surface area contributed by atoms with Gasteiger partial charge in [0, 0.05) is 23.9 Å². The molecule has 2 rings (SSSR count). The molecule has 0 amide bonds. The molecule has 1 heterocycles. The fourth-order valence-electron chi connectivity index (χ4n) is 1.72. The Morgan fingerprint density at radius 3 is 2.95 bits per heavy atom. The molecule has 0 aliphatic rings. The summed E-state index contributed by atoms with van der Waals surface area (Å²) in [6.07, 6.45) is 5.92. The van der Waals surface area contributed by atoms with Gasteiger partial charge in [-0.25, -0.2) is 9.48 Å². The van der Waals surface area contributed by atoms with Crippen LogP contribution < -0.4 is 0 Å². The van der Waals surface area contributed by atoms with E-state index in [-0.39, 0.29) is 5.69 Å². The summed E-state index contributed by atoms with van der Waals surface area (Å²) in [5.41, 5.74) is 0.959. The van der Waals surface area contributed by atoms with Crippen LogP contribution in [-0.2, 0) is 9.53 Å². The number of nitro groups is 1. The average Bonchev–Trinajstić information content (AvgIpc) is 2.94. The first-order chi connectivity index (χ1) is 10.1. The van der Waals surface area contributed by atoms with Gasteiger partial charge in [-0.2, -0.15) is 5.10 Å². The summed E-state index contributed by atoms with van der Waals surface area (Å²) in [5, 5.41) is 15.0. The number of carbonyl (C=O) groups excluding carboxylic acids is 1. The lowest BCUT2D eigenvalue weighted by Crippen LogP contribution is -2.00. The number of hydrogen-bond donors (Lipinski definition) is 0. The summed E-state index contributed by atoms with van der Waals surface area (Å²) in [6.45, 7) is 2.02. The molecule has 0 saturated heterocycles. The number of esters is 1. The predicted octanol–water partition coefficient (Wildman–Crippen LogP) is 2.36. The molecular formula is C14H13N3O4. The van der Waals surface area contributed by atoms with E-state index in [2.05, 4.69) is 5.10 Å². The lowest BCUT2D eigenvalue weighted by atomic mass is 10.2. The molecule has 21 heavy (non-hydrogen) atoms. The molecule has 0 radical (unpaired) electrons. The van der Waals surface area contributed by atoms with Crippen molar-refractivity contribution >= 4 is 17.7 Å². The van der Waals surface area contributed by atoms with Crippen molar-refractivity contribution in [2.75, 3.05) is 6.61 Å². The number of nitrogens with zero attached hydrogens (tertiary/aromatic N) is 3. The minimum Gasteiger partial charge on any atom is -0.463 e. The van der Waals surface area contributed by atoms with Crippen molar-refractivity contribution in [1.82, 2.24) is 9.78 Å². The number of nitro benzene ring substituents is 1. The zero-order valence-electron chi connectivity index (χ0n) is 11.3. The molecule has 0 spiro atoms. The van der Waals surface area contributed by atoms with Gasteiger partial charge in [-0.15, -0.1) is 0 Å². The molecule has 0 aliphatic heterocycles. The number of benzene rings is 1. The van der Waals surface area contributed by atoms with Crippen molar-refractivity contribution in [3.8, 4) is 5.69 Å². The van der Waals surface area contributed by atoms with Gasteiger partial charge >= 0.3 is 5.97 Å². The number of aromatic nitrogens is 2. The maximum atomic E-state index is 11.2. The van der Waals surface area contributed by atoms with Crippen LogP contribution in [0.3, 0.4) is 0 Å². The van der Waals surface area contributed by atoms with Gasteiger partial charge in [0.1, 0.15) is 5.69 Å². The molecule has 0 atom stereocenters. The molecule has 2 aromatic rings. The van der Waals surface area contributed by atoms with Crippen LogP contribution in [0.2, 0.25) is 0 Å². The summed E-state index contributed by atoms with van der Waals surface area (Å²) < 4.78 is 6.16. The molecule has 0 saturated carbocycles. The van der Waals surface area contributed by atoms with Crippen LogP contribution in [0.4, 0.5) is 5.69 Å². The minimum atomic E-state index is -0.467. The highest BCUT2D eigenvalue weighted by atomic mass is 16.6. The second-order valence-corrected chi connectivity index (χ2v) is 4.05. The number of carbonyl (C=O) groups is 1. The van der Waals surface area contributed by atoms with Crippen molar-refractivity contribution < 1.29 is 14.5 Å². The van der Waals surface area contributed by atoms with Crippen LogP contribution in [-0.4, -0.2) is 27.3 Å². The smallest absolute Gasteiger partial charge is 0.330 e. The Balaban J connectivity index is 2.25. The molecule has 7 heteroatoms. The molecule has 0 bridgehead atoms. The van der Waals surface area contributed by atoms with Crippen LogP contribution in [0, 0.1) is 10.1 Å². The van der Waals surface area contributed by atoms with Crippen molar-refractivity contribution in [3.63, 3.8) is 0 Å². The van der Waals surface area contributed by atoms with Crippen molar-refractivity contribution in [2.24, 2.45) is 0 Å². The highest BCUT2D eigenvalue weighted by Crippen LogP contribution is 2.21. The van der Waals surface area contributed by atoms with E-state index in [9.17, 15) is 14.9 Å². The van der Waals surface area contributed by atoms with Crippen LogP contribution in [0.25, 0.3) is 11.8 Å². The number of ether oxygens (including phenoxy) is 1. The van der Waals surface area contributed by atoms with Crippen LogP contribution in [0.5, 0.6) is 0 Å². The SMILES string of the molecule is CCOC(=O)C=Cc1cnn(-c2ccccc2[N+](=O)[O-])c1. The maximum Gasteiger partial charge on any atom is 0.330 e. The second-order valence-electron chi connectivity index (χ2n) is 4.05. The molecule has 7 nitrogen and oxygen atoms in total. The maximum absolute atomic E-state index is 11.2. The first kappa shape index (κ1) is 14.4. The first-order valence-corrected chi connectivity index (χ1v) is 6.25. The predicted molar refractivity (Wildman–Crippen MR) is 75.9 cm³/mol. The molecular weight excluding hydrogens is 274 g/mol. The monoisotopic (exact) mass is 287 g/mol. The second kappa shape index (κ2) is 6.47. The minimum absolute atomic E-state index is 0.0403. The average molecular weight is 287 g/mol. The summed E-state index contributed by atoms with van der Waals surface area (Å²) in [5.74, 6) is -0.448. The highest BCUT2D eigenvalue weighted by Gasteiger charge is 2.14. The third-order valence-corrected chi connectivity index (χ3v) is 2.63. The van der Waals surface area contributed by atoms with E-state index in [0.29, 0.717) is 17.9 Å². The number of hydrogen-bond acceptors (Lipinski definition) is 5. The van der Waals surface area contributed by atoms with Gasteiger partial charge in [0.15, 0.2) is 0 Å². The van der Waals surface area contributed by atoms with E-state index in [0.717, 1.165) is 0 Å². The van der Waals surface area contributed by atoms with Gasteiger partial charge in [0.05, 0.1) is 17.7 Å². The van der Waals surface area contributed by atoms with Gasteiger partial charge in [0.25, 0.3) is 5.69 Å². The zero-order chi connectivity index (χ0) is 15.2. The standard InChI is InChI=1S/C14H13N3O4/c1-2-21-14(18)8-7-11-9-15-16(10-11)12-5-3-4-6-13(12)17(19)20/h3-10H,2H2,1H3. The summed E-state index contributed by atoms with van der Waals surface area (Å²) in [4.78, 5) is 21.7. The molecule has 108 valence electrons. The van der Waals surface area contributed by atoms with E-state index >= 15 is 0 Å². The zero-order valence-corrected chi connectivity index (χ0v) is 11.3. The first-order valence-electron chi connectivity index (χ1n) is 6.25. The van der Waals surface area contributed by atoms with Crippen LogP contribution >= 0.6 is 0 Å². The quantitative estimate of drug-likeness (QED) is 0.364. The molecule has 1 aromatic heterocycles. The topological polar surface area (TPSA) is 87.3 Å². The third-order valence-electron chi connectivity index (χ3n) is 2.63. The molecule has 0 fully saturated rings. The van der Waals surface area contributed by atoms with Gasteiger partial charge in [-0.3, -0.25) is 10.1 Å². The van der Waals surface area contributed by atoms with E-state index in [4.69, 9.17) is 4.74 Å². The largest absolute Gasteiger partial charge is 0.463 e. The number of rotatable bonds is 5. The Morgan fingerprint density at radius 2 is 2.24 bits per heavy atom. The molecule has 0 N–H and O–H groups in total. The molecule has 1 aromatic carbocycles. The van der Waals surface area contributed by atoms with E-state index < -0.39 is 10.9 Å². The van der Waals surface area contributed by atoms with E-state index in [1.165, 1.54) is 29.1 Å². The fourth-order valence-corrected chi connectivity index (χ4v) is 1.72. The van der Waals surface area contributed by atoms with Crippen LogP contribution in [0.1, 0.15) is 12.5 Å². The van der Waals surface area contributed by atoms with Crippen molar-refractivity contribution in [3.05, 3.63) is 58.4 Å². The van der Waals surface area contributed by atoms with E-state index in [1.807, 2.05) is 0 Å². The van der Waals surface area contributed by atoms with Crippen molar-refractivity contribution in [2.45, 2.75) is 6.92 Å². The highest BCUT2D eigenvalue weighted by molar-refractivity contribution is 5.86. The Kier molecular flexibility index (Phi) is 4.45. The lowest BCUT2D eigenvalue weighted by molar-refractivity contribution is -0.384. The summed E-state index contributed by atoms with van der Waals surface area (Å²) in [7, 11) is 0. The van der Waals surface area contributed by atoms with Gasteiger partial charge in [0.2, 0.25) is 0 Å². The Bertz CT molecular complexity index is 691. The van der Waals surface area contributed by atoms with Gasteiger partial charge in [-0.1, -0.05) is 12.1 Å². The normalized spacial score (nSPS) is 10.7. The summed E-state index contributed by atoms with van der Waals surface area (Å²) in [6, 6.07) is 6.29. The number of para-hydroxylation sites is 2.